The highest BCUT2D eigenvalue weighted by molar-refractivity contribution is 5.91. The molecule has 0 aliphatic carbocycles. The molecule has 1 aromatic heterocycles. The molecule has 94 valence electrons. The number of anilines is 1. The fourth-order valence-corrected chi connectivity index (χ4v) is 1.94. The molecule has 6 nitrogen and oxygen atoms in total. The van der Waals surface area contributed by atoms with E-state index in [2.05, 4.69) is 25.7 Å². The number of carbonyl (C=O) groups is 1. The van der Waals surface area contributed by atoms with Crippen LogP contribution in [0.25, 0.3) is 0 Å². The van der Waals surface area contributed by atoms with Gasteiger partial charge in [-0.15, -0.1) is 0 Å². The maximum atomic E-state index is 11.8. The van der Waals surface area contributed by atoms with Crippen molar-refractivity contribution in [2.24, 2.45) is 0 Å². The van der Waals surface area contributed by atoms with Crippen LogP contribution in [0.2, 0.25) is 0 Å². The van der Waals surface area contributed by atoms with Gasteiger partial charge >= 0.3 is 0 Å². The topological polar surface area (TPSA) is 73.0 Å². The Hall–Kier alpha value is -1.40. The van der Waals surface area contributed by atoms with Crippen LogP contribution >= 0.6 is 0 Å². The number of carbonyl (C=O) groups excluding carboxylic acids is 1. The van der Waals surface area contributed by atoms with Gasteiger partial charge in [0.05, 0.1) is 12.7 Å². The molecule has 1 saturated heterocycles. The first-order valence-corrected chi connectivity index (χ1v) is 6.04. The molecule has 17 heavy (non-hydrogen) atoms. The summed E-state index contributed by atoms with van der Waals surface area (Å²) < 4.78 is 0. The number of hydrogen-bond donors (Lipinski definition) is 3. The summed E-state index contributed by atoms with van der Waals surface area (Å²) >= 11 is 0. The SMILES string of the molecule is CCc1cn[nH]c1NC(=O)CN1CCNCC1. The Labute approximate surface area is 101 Å². The summed E-state index contributed by atoms with van der Waals surface area (Å²) in [7, 11) is 0. The molecule has 0 bridgehead atoms. The standard InChI is InChI=1S/C11H19N5O/c1-2-9-7-13-15-11(9)14-10(17)8-16-5-3-12-4-6-16/h7,12H,2-6,8H2,1H3,(H2,13,14,15,17). The normalized spacial score (nSPS) is 17.0. The van der Waals surface area contributed by atoms with Crippen LogP contribution in [0.5, 0.6) is 0 Å². The summed E-state index contributed by atoms with van der Waals surface area (Å²) in [6, 6.07) is 0. The third-order valence-electron chi connectivity index (χ3n) is 2.94. The van der Waals surface area contributed by atoms with Gasteiger partial charge in [0, 0.05) is 31.7 Å². The lowest BCUT2D eigenvalue weighted by molar-refractivity contribution is -0.117. The van der Waals surface area contributed by atoms with Gasteiger partial charge in [0.15, 0.2) is 0 Å². The third kappa shape index (κ3) is 3.28. The average Bonchev–Trinajstić information content (AvgIpc) is 2.77. The number of H-pyrrole nitrogens is 1. The Morgan fingerprint density at radius 1 is 1.53 bits per heavy atom. The minimum atomic E-state index is 0.0193. The van der Waals surface area contributed by atoms with E-state index in [0.717, 1.165) is 44.0 Å². The van der Waals surface area contributed by atoms with Crippen LogP contribution < -0.4 is 10.6 Å². The van der Waals surface area contributed by atoms with Crippen molar-refractivity contribution in [3.8, 4) is 0 Å². The lowest BCUT2D eigenvalue weighted by Gasteiger charge is -2.26. The Balaban J connectivity index is 1.84. The summed E-state index contributed by atoms with van der Waals surface area (Å²) in [5.41, 5.74) is 1.04. The second-order valence-corrected chi connectivity index (χ2v) is 4.20. The lowest BCUT2D eigenvalue weighted by Crippen LogP contribution is -2.46. The van der Waals surface area contributed by atoms with Crippen molar-refractivity contribution < 1.29 is 4.79 Å². The van der Waals surface area contributed by atoms with Crippen LogP contribution in [-0.4, -0.2) is 53.7 Å². The molecule has 0 radical (unpaired) electrons. The van der Waals surface area contributed by atoms with E-state index in [4.69, 9.17) is 0 Å². The first-order chi connectivity index (χ1) is 8.29. The van der Waals surface area contributed by atoms with Crippen LogP contribution in [0.15, 0.2) is 6.20 Å². The molecule has 1 amide bonds. The van der Waals surface area contributed by atoms with Crippen LogP contribution in [-0.2, 0) is 11.2 Å². The van der Waals surface area contributed by atoms with Crippen molar-refractivity contribution in [1.82, 2.24) is 20.4 Å². The van der Waals surface area contributed by atoms with E-state index in [0.29, 0.717) is 6.54 Å². The fourth-order valence-electron chi connectivity index (χ4n) is 1.94. The monoisotopic (exact) mass is 237 g/mol. The van der Waals surface area contributed by atoms with Crippen molar-refractivity contribution in [3.63, 3.8) is 0 Å². The van der Waals surface area contributed by atoms with Crippen LogP contribution in [0.4, 0.5) is 5.82 Å². The van der Waals surface area contributed by atoms with Crippen molar-refractivity contribution in [2.75, 3.05) is 38.0 Å². The number of nitrogens with one attached hydrogen (secondary N) is 3. The molecular weight excluding hydrogens is 218 g/mol. The van der Waals surface area contributed by atoms with Crippen LogP contribution in [0, 0.1) is 0 Å². The van der Waals surface area contributed by atoms with Crippen molar-refractivity contribution in [3.05, 3.63) is 11.8 Å². The van der Waals surface area contributed by atoms with Gasteiger partial charge in [-0.3, -0.25) is 14.8 Å². The minimum absolute atomic E-state index is 0.0193. The van der Waals surface area contributed by atoms with Crippen molar-refractivity contribution in [1.29, 1.82) is 0 Å². The first-order valence-electron chi connectivity index (χ1n) is 6.04. The Morgan fingerprint density at radius 3 is 3.00 bits per heavy atom. The number of rotatable bonds is 4. The number of piperazine rings is 1. The zero-order valence-corrected chi connectivity index (χ0v) is 10.1. The number of aromatic nitrogens is 2. The fraction of sp³-hybridized carbons (Fsp3) is 0.636. The molecule has 2 heterocycles. The van der Waals surface area contributed by atoms with Gasteiger partial charge < -0.3 is 10.6 Å². The van der Waals surface area contributed by atoms with Gasteiger partial charge in [0.25, 0.3) is 0 Å². The van der Waals surface area contributed by atoms with Crippen LogP contribution in [0.1, 0.15) is 12.5 Å². The zero-order chi connectivity index (χ0) is 12.1. The predicted molar refractivity (Wildman–Crippen MR) is 65.9 cm³/mol. The van der Waals surface area contributed by atoms with Gasteiger partial charge in [-0.05, 0) is 6.42 Å². The summed E-state index contributed by atoms with van der Waals surface area (Å²) in [5.74, 6) is 0.749. The molecule has 0 atom stereocenters. The van der Waals surface area contributed by atoms with Crippen molar-refractivity contribution in [2.45, 2.75) is 13.3 Å². The molecular formula is C11H19N5O. The highest BCUT2D eigenvalue weighted by Gasteiger charge is 2.14. The number of hydrogen-bond acceptors (Lipinski definition) is 4. The Kier molecular flexibility index (Phi) is 4.11. The number of aryl methyl sites for hydroxylation is 1. The molecule has 6 heteroatoms. The van der Waals surface area contributed by atoms with Gasteiger partial charge in [0.1, 0.15) is 5.82 Å². The molecule has 0 unspecified atom stereocenters. The molecule has 1 aliphatic rings. The Bertz CT molecular complexity index is 370. The Morgan fingerprint density at radius 2 is 2.29 bits per heavy atom. The van der Waals surface area contributed by atoms with Gasteiger partial charge in [0.2, 0.25) is 5.91 Å². The van der Waals surface area contributed by atoms with E-state index in [9.17, 15) is 4.79 Å². The molecule has 0 spiro atoms. The average molecular weight is 237 g/mol. The van der Waals surface area contributed by atoms with E-state index in [1.165, 1.54) is 0 Å². The highest BCUT2D eigenvalue weighted by atomic mass is 16.2. The minimum Gasteiger partial charge on any atom is -0.314 e. The highest BCUT2D eigenvalue weighted by Crippen LogP contribution is 2.10. The van der Waals surface area contributed by atoms with Gasteiger partial charge in [-0.1, -0.05) is 6.92 Å². The first kappa shape index (κ1) is 12.1. The lowest BCUT2D eigenvalue weighted by atomic mass is 10.2. The van der Waals surface area contributed by atoms with E-state index >= 15 is 0 Å². The summed E-state index contributed by atoms with van der Waals surface area (Å²) in [6.07, 6.45) is 2.61. The molecule has 2 rings (SSSR count). The third-order valence-corrected chi connectivity index (χ3v) is 2.94. The second kappa shape index (κ2) is 5.79. The maximum absolute atomic E-state index is 11.8. The van der Waals surface area contributed by atoms with E-state index < -0.39 is 0 Å². The summed E-state index contributed by atoms with van der Waals surface area (Å²) in [5, 5.41) is 12.9. The van der Waals surface area contributed by atoms with Gasteiger partial charge in [-0.2, -0.15) is 5.10 Å². The largest absolute Gasteiger partial charge is 0.314 e. The van der Waals surface area contributed by atoms with Crippen molar-refractivity contribution >= 4 is 11.7 Å². The number of nitrogens with zero attached hydrogens (tertiary/aromatic N) is 2. The molecule has 0 saturated carbocycles. The number of amides is 1. The number of aromatic amines is 1. The summed E-state index contributed by atoms with van der Waals surface area (Å²) in [6.45, 7) is 6.25. The zero-order valence-electron chi connectivity index (χ0n) is 10.1. The predicted octanol–water partition coefficient (Wildman–Crippen LogP) is -0.184. The van der Waals surface area contributed by atoms with E-state index in [1.807, 2.05) is 6.92 Å². The van der Waals surface area contributed by atoms with Crippen LogP contribution in [0.3, 0.4) is 0 Å². The molecule has 1 aromatic rings. The molecule has 3 N–H and O–H groups in total. The summed E-state index contributed by atoms with van der Waals surface area (Å²) in [4.78, 5) is 14.0. The maximum Gasteiger partial charge on any atom is 0.239 e. The molecule has 0 aromatic carbocycles. The smallest absolute Gasteiger partial charge is 0.239 e. The molecule has 1 fully saturated rings. The van der Waals surface area contributed by atoms with Gasteiger partial charge in [-0.25, -0.2) is 0 Å². The van der Waals surface area contributed by atoms with E-state index in [-0.39, 0.29) is 5.91 Å². The second-order valence-electron chi connectivity index (χ2n) is 4.20. The quantitative estimate of drug-likeness (QED) is 0.679. The van der Waals surface area contributed by atoms with E-state index in [1.54, 1.807) is 6.20 Å². The molecule has 1 aliphatic heterocycles.